The van der Waals surface area contributed by atoms with E-state index >= 15 is 0 Å². The molecule has 2 aromatic carbocycles. The molecule has 0 aliphatic heterocycles. The minimum Gasteiger partial charge on any atom is -0.495 e. The molecule has 2 aromatic rings. The van der Waals surface area contributed by atoms with Gasteiger partial charge in [-0.25, -0.2) is 4.79 Å². The summed E-state index contributed by atoms with van der Waals surface area (Å²) in [5, 5.41) is 15.4. The van der Waals surface area contributed by atoms with Crippen molar-refractivity contribution in [2.75, 3.05) is 26.1 Å². The Bertz CT molecular complexity index is 1220. The van der Waals surface area contributed by atoms with Crippen LogP contribution >= 0.6 is 11.6 Å². The van der Waals surface area contributed by atoms with Crippen LogP contribution in [0.15, 0.2) is 36.4 Å². The number of nitriles is 1. The molecule has 1 fully saturated rings. The average Bonchev–Trinajstić information content (AvgIpc) is 2.92. The fourth-order valence-electron chi connectivity index (χ4n) is 4.06. The van der Waals surface area contributed by atoms with Crippen molar-refractivity contribution in [2.45, 2.75) is 50.7 Å². The zero-order valence-corrected chi connectivity index (χ0v) is 22.2. The van der Waals surface area contributed by atoms with Gasteiger partial charge in [-0.15, -0.1) is 0 Å². The molecule has 10 nitrogen and oxygen atoms in total. The first kappa shape index (κ1) is 28.6. The molecule has 38 heavy (non-hydrogen) atoms. The maximum Gasteiger partial charge on any atom is 0.339 e. The Hall–Kier alpha value is -3.97. The van der Waals surface area contributed by atoms with Gasteiger partial charge in [0.15, 0.2) is 24.2 Å². The minimum atomic E-state index is -1.11. The highest BCUT2D eigenvalue weighted by atomic mass is 35.5. The number of benzene rings is 2. The lowest BCUT2D eigenvalue weighted by Gasteiger charge is -2.32. The predicted octanol–water partition coefficient (Wildman–Crippen LogP) is 4.26. The van der Waals surface area contributed by atoms with Crippen molar-refractivity contribution in [1.29, 1.82) is 5.26 Å². The van der Waals surface area contributed by atoms with Crippen molar-refractivity contribution in [1.82, 2.24) is 5.32 Å². The van der Waals surface area contributed by atoms with Crippen LogP contribution < -0.4 is 24.8 Å². The van der Waals surface area contributed by atoms with E-state index in [4.69, 9.17) is 30.5 Å². The van der Waals surface area contributed by atoms with Crippen molar-refractivity contribution in [3.05, 3.63) is 47.0 Å². The number of rotatable bonds is 10. The van der Waals surface area contributed by atoms with Gasteiger partial charge in [0.1, 0.15) is 11.3 Å². The highest BCUT2D eigenvalue weighted by molar-refractivity contribution is 6.31. The van der Waals surface area contributed by atoms with Crippen LogP contribution in [0.3, 0.4) is 0 Å². The fourth-order valence-corrected chi connectivity index (χ4v) is 4.23. The standard InChI is InChI=1S/C27H30ClN3O7/c1-17(25(33)31-27(16-29)11-5-4-6-12-27)38-26(34)18-7-9-22(23(13-18)36-3)37-15-24(32)30-20-14-19(28)8-10-21(20)35-2/h7-10,13-14,17H,4-6,11-12,15H2,1-3H3,(H,30,32)(H,31,33). The molecule has 2 amide bonds. The van der Waals surface area contributed by atoms with Crippen LogP contribution in [0.25, 0.3) is 0 Å². The summed E-state index contributed by atoms with van der Waals surface area (Å²) in [7, 11) is 2.86. The van der Waals surface area contributed by atoms with Crippen molar-refractivity contribution >= 4 is 35.1 Å². The second-order valence-corrected chi connectivity index (χ2v) is 9.27. The number of methoxy groups -OCH3 is 2. The number of halogens is 1. The molecule has 0 saturated heterocycles. The monoisotopic (exact) mass is 543 g/mol. The zero-order valence-electron chi connectivity index (χ0n) is 21.5. The van der Waals surface area contributed by atoms with Crippen molar-refractivity contribution < 1.29 is 33.3 Å². The van der Waals surface area contributed by atoms with Gasteiger partial charge in [0.25, 0.3) is 11.8 Å². The van der Waals surface area contributed by atoms with Crippen molar-refractivity contribution in [2.24, 2.45) is 0 Å². The number of hydrogen-bond acceptors (Lipinski definition) is 8. The lowest BCUT2D eigenvalue weighted by atomic mass is 9.83. The Morgan fingerprint density at radius 2 is 1.71 bits per heavy atom. The van der Waals surface area contributed by atoms with Gasteiger partial charge in [-0.3, -0.25) is 9.59 Å². The number of carbonyl (C=O) groups excluding carboxylic acids is 3. The molecule has 2 N–H and O–H groups in total. The summed E-state index contributed by atoms with van der Waals surface area (Å²) in [5.41, 5.74) is -0.418. The number of hydrogen-bond donors (Lipinski definition) is 2. The van der Waals surface area contributed by atoms with Gasteiger partial charge in [-0.1, -0.05) is 30.9 Å². The Balaban J connectivity index is 1.59. The summed E-state index contributed by atoms with van der Waals surface area (Å²) < 4.78 is 21.4. The number of carbonyl (C=O) groups is 3. The summed E-state index contributed by atoms with van der Waals surface area (Å²) in [6.45, 7) is 1.09. The molecule has 1 atom stereocenters. The van der Waals surface area contributed by atoms with Gasteiger partial charge in [0, 0.05) is 5.02 Å². The molecule has 1 aliphatic carbocycles. The van der Waals surface area contributed by atoms with E-state index < -0.39 is 29.4 Å². The SMILES string of the molecule is COc1ccc(Cl)cc1NC(=O)COc1ccc(C(=O)OC(C)C(=O)NC2(C#N)CCCCC2)cc1OC. The highest BCUT2D eigenvalue weighted by Gasteiger charge is 2.35. The van der Waals surface area contributed by atoms with Crippen LogP contribution in [0, 0.1) is 11.3 Å². The van der Waals surface area contributed by atoms with Gasteiger partial charge in [-0.2, -0.15) is 5.26 Å². The number of nitrogens with one attached hydrogen (secondary N) is 2. The Morgan fingerprint density at radius 1 is 1.03 bits per heavy atom. The molecule has 0 radical (unpaired) electrons. The summed E-state index contributed by atoms with van der Waals surface area (Å²) in [6, 6.07) is 11.3. The molecular weight excluding hydrogens is 514 g/mol. The summed E-state index contributed by atoms with van der Waals surface area (Å²) in [4.78, 5) is 37.7. The number of anilines is 1. The largest absolute Gasteiger partial charge is 0.495 e. The van der Waals surface area contributed by atoms with Gasteiger partial charge in [0.05, 0.1) is 31.5 Å². The molecule has 0 aromatic heterocycles. The first-order valence-electron chi connectivity index (χ1n) is 12.1. The molecule has 0 bridgehead atoms. The van der Waals surface area contributed by atoms with Crippen molar-refractivity contribution in [3.8, 4) is 23.3 Å². The van der Waals surface area contributed by atoms with E-state index in [9.17, 15) is 19.6 Å². The third-order valence-corrected chi connectivity index (χ3v) is 6.37. The normalized spacial score (nSPS) is 14.8. The fraction of sp³-hybridized carbons (Fsp3) is 0.407. The van der Waals surface area contributed by atoms with E-state index in [1.54, 1.807) is 18.2 Å². The van der Waals surface area contributed by atoms with Crippen LogP contribution in [-0.2, 0) is 14.3 Å². The summed E-state index contributed by atoms with van der Waals surface area (Å²) >= 11 is 5.99. The molecule has 202 valence electrons. The van der Waals surface area contributed by atoms with Crippen LogP contribution in [0.1, 0.15) is 49.4 Å². The minimum absolute atomic E-state index is 0.120. The topological polar surface area (TPSA) is 136 Å². The maximum atomic E-state index is 12.7. The predicted molar refractivity (Wildman–Crippen MR) is 140 cm³/mol. The average molecular weight is 544 g/mol. The van der Waals surface area contributed by atoms with E-state index in [1.165, 1.54) is 39.3 Å². The van der Waals surface area contributed by atoms with Crippen LogP contribution in [0.2, 0.25) is 5.02 Å². The van der Waals surface area contributed by atoms with E-state index in [0.717, 1.165) is 19.3 Å². The zero-order chi connectivity index (χ0) is 27.7. The van der Waals surface area contributed by atoms with Crippen LogP contribution in [0.4, 0.5) is 5.69 Å². The van der Waals surface area contributed by atoms with Crippen LogP contribution in [-0.4, -0.2) is 50.3 Å². The molecule has 1 unspecified atom stereocenters. The Kier molecular flexibility index (Phi) is 9.79. The number of nitrogens with zero attached hydrogens (tertiary/aromatic N) is 1. The second-order valence-electron chi connectivity index (χ2n) is 8.84. The number of ether oxygens (including phenoxy) is 4. The molecule has 1 aliphatic rings. The first-order chi connectivity index (χ1) is 18.2. The molecule has 1 saturated carbocycles. The van der Waals surface area contributed by atoms with E-state index in [0.29, 0.717) is 29.3 Å². The van der Waals surface area contributed by atoms with Gasteiger partial charge < -0.3 is 29.6 Å². The molecular formula is C27H30ClN3O7. The molecule has 11 heteroatoms. The lowest BCUT2D eigenvalue weighted by Crippen LogP contribution is -2.52. The maximum absolute atomic E-state index is 12.7. The second kappa shape index (κ2) is 13.0. The molecule has 0 spiro atoms. The Morgan fingerprint density at radius 3 is 2.37 bits per heavy atom. The third-order valence-electron chi connectivity index (χ3n) is 6.13. The lowest BCUT2D eigenvalue weighted by molar-refractivity contribution is -0.130. The van der Waals surface area contributed by atoms with Gasteiger partial charge in [-0.05, 0) is 56.2 Å². The first-order valence-corrected chi connectivity index (χ1v) is 12.5. The van der Waals surface area contributed by atoms with Gasteiger partial charge >= 0.3 is 5.97 Å². The molecule has 3 rings (SSSR count). The third kappa shape index (κ3) is 7.29. The van der Waals surface area contributed by atoms with Gasteiger partial charge in [0.2, 0.25) is 0 Å². The van der Waals surface area contributed by atoms with E-state index in [2.05, 4.69) is 16.7 Å². The van der Waals surface area contributed by atoms with E-state index in [1.807, 2.05) is 0 Å². The smallest absolute Gasteiger partial charge is 0.339 e. The summed E-state index contributed by atoms with van der Waals surface area (Å²) in [5.74, 6) is -0.905. The Labute approximate surface area is 226 Å². The molecule has 0 heterocycles. The quantitative estimate of drug-likeness (QED) is 0.424. The number of amides is 2. The highest BCUT2D eigenvalue weighted by Crippen LogP contribution is 2.30. The van der Waals surface area contributed by atoms with Crippen molar-refractivity contribution in [3.63, 3.8) is 0 Å². The van der Waals surface area contributed by atoms with E-state index in [-0.39, 0.29) is 23.7 Å². The summed E-state index contributed by atoms with van der Waals surface area (Å²) in [6.07, 6.45) is 2.76. The van der Waals surface area contributed by atoms with Crippen LogP contribution in [0.5, 0.6) is 17.2 Å². The number of esters is 1.